The molecule has 0 saturated carbocycles. The molecule has 0 amide bonds. The van der Waals surface area contributed by atoms with Gasteiger partial charge in [0.2, 0.25) is 0 Å². The highest BCUT2D eigenvalue weighted by molar-refractivity contribution is 7.88. The molecule has 9 rings (SSSR count). The molecule has 0 bridgehead atoms. The van der Waals surface area contributed by atoms with Crippen LogP contribution in [0.2, 0.25) is 0 Å². The molecule has 1 atom stereocenters. The molecular weight excluding hydrogens is 793 g/mol. The van der Waals surface area contributed by atoms with Crippen molar-refractivity contribution in [2.45, 2.75) is 26.4 Å². The lowest BCUT2D eigenvalue weighted by Crippen LogP contribution is -2.25. The van der Waals surface area contributed by atoms with Crippen LogP contribution in [0.1, 0.15) is 29.8 Å². The second kappa shape index (κ2) is 18.6. The highest BCUT2D eigenvalue weighted by Gasteiger charge is 2.31. The first-order valence-corrected chi connectivity index (χ1v) is 24.6. The van der Waals surface area contributed by atoms with Gasteiger partial charge in [0.1, 0.15) is 0 Å². The monoisotopic (exact) mass is 841 g/mol. The molecule has 0 fully saturated rings. The van der Waals surface area contributed by atoms with Crippen molar-refractivity contribution < 1.29 is 0 Å². The fourth-order valence-corrected chi connectivity index (χ4v) is 15.4. The molecule has 9 aromatic rings. The Morgan fingerprint density at radius 2 is 0.790 bits per heavy atom. The maximum atomic E-state index is 6.07. The Kier molecular flexibility index (Phi) is 12.2. The Balaban J connectivity index is 1.21. The summed E-state index contributed by atoms with van der Waals surface area (Å²) in [6.45, 7) is 4.89. The SMILES string of the molecule is Cc1nn(-c2ccccc2)c(N=P(c2ccccc2)(c2ccccc2)c2ccccc2)c1CN[C@@H](C)c1ccccc1N=P(c1ccccc1)(c1ccccc1)c1ccccc1. The molecule has 8 aromatic carbocycles. The molecule has 0 aliphatic heterocycles. The Morgan fingerprint density at radius 1 is 0.452 bits per heavy atom. The minimum atomic E-state index is -2.64. The molecule has 1 N–H and O–H groups in total. The van der Waals surface area contributed by atoms with Crippen molar-refractivity contribution in [1.82, 2.24) is 15.1 Å². The van der Waals surface area contributed by atoms with Gasteiger partial charge in [0.15, 0.2) is 5.82 Å². The molecule has 0 unspecified atom stereocenters. The Morgan fingerprint density at radius 3 is 1.19 bits per heavy atom. The lowest BCUT2D eigenvalue weighted by Gasteiger charge is -2.28. The molecule has 5 nitrogen and oxygen atoms in total. The number of nitrogens with zero attached hydrogens (tertiary/aromatic N) is 4. The number of rotatable bonds is 13. The van der Waals surface area contributed by atoms with Crippen LogP contribution in [0.15, 0.2) is 246 Å². The smallest absolute Gasteiger partial charge is 0.160 e. The molecule has 7 heteroatoms. The van der Waals surface area contributed by atoms with Gasteiger partial charge in [-0.2, -0.15) is 5.10 Å². The largest absolute Gasteiger partial charge is 0.306 e. The van der Waals surface area contributed by atoms with E-state index in [9.17, 15) is 0 Å². The zero-order valence-corrected chi connectivity index (χ0v) is 36.8. The van der Waals surface area contributed by atoms with Crippen LogP contribution in [0.25, 0.3) is 5.69 Å². The highest BCUT2D eigenvalue weighted by atomic mass is 31.2. The van der Waals surface area contributed by atoms with Crippen molar-refractivity contribution in [2.75, 3.05) is 0 Å². The molecule has 0 saturated heterocycles. The van der Waals surface area contributed by atoms with E-state index in [1.54, 1.807) is 0 Å². The summed E-state index contributed by atoms with van der Waals surface area (Å²) in [5.74, 6) is 0.846. The van der Waals surface area contributed by atoms with Crippen molar-refractivity contribution in [3.63, 3.8) is 0 Å². The van der Waals surface area contributed by atoms with E-state index >= 15 is 0 Å². The van der Waals surface area contributed by atoms with E-state index in [2.05, 4.69) is 250 Å². The summed E-state index contributed by atoms with van der Waals surface area (Å²) < 4.78 is 14.1. The summed E-state index contributed by atoms with van der Waals surface area (Å²) in [4.78, 5) is 0. The topological polar surface area (TPSA) is 54.6 Å². The van der Waals surface area contributed by atoms with Crippen molar-refractivity contribution in [3.05, 3.63) is 253 Å². The fourth-order valence-electron chi connectivity index (χ4n) is 8.32. The summed E-state index contributed by atoms with van der Waals surface area (Å²) >= 11 is 0. The maximum absolute atomic E-state index is 6.07. The highest BCUT2D eigenvalue weighted by Crippen LogP contribution is 2.52. The van der Waals surface area contributed by atoms with Crippen LogP contribution >= 0.6 is 14.1 Å². The normalized spacial score (nSPS) is 12.1. The van der Waals surface area contributed by atoms with E-state index < -0.39 is 14.1 Å². The van der Waals surface area contributed by atoms with Crippen LogP contribution in [-0.2, 0) is 6.54 Å². The average Bonchev–Trinajstić information content (AvgIpc) is 3.67. The van der Waals surface area contributed by atoms with Crippen molar-refractivity contribution in [3.8, 4) is 5.69 Å². The van der Waals surface area contributed by atoms with Crippen LogP contribution in [0.3, 0.4) is 0 Å². The van der Waals surface area contributed by atoms with Crippen molar-refractivity contribution in [2.24, 2.45) is 9.49 Å². The zero-order chi connectivity index (χ0) is 42.2. The van der Waals surface area contributed by atoms with Crippen molar-refractivity contribution in [1.29, 1.82) is 0 Å². The number of para-hydroxylation sites is 1. The lowest BCUT2D eigenvalue weighted by atomic mass is 10.1. The first-order chi connectivity index (χ1) is 30.6. The third kappa shape index (κ3) is 7.99. The first-order valence-electron chi connectivity index (χ1n) is 21.1. The molecule has 304 valence electrons. The second-order valence-electron chi connectivity index (χ2n) is 15.3. The van der Waals surface area contributed by atoms with Crippen LogP contribution < -0.4 is 37.1 Å². The van der Waals surface area contributed by atoms with E-state index in [0.29, 0.717) is 6.54 Å². The molecule has 0 aliphatic rings. The van der Waals surface area contributed by atoms with Gasteiger partial charge in [-0.15, -0.1) is 0 Å². The lowest BCUT2D eigenvalue weighted by molar-refractivity contribution is 0.574. The molecule has 1 aromatic heterocycles. The van der Waals surface area contributed by atoms with Crippen molar-refractivity contribution >= 4 is 57.4 Å². The zero-order valence-electron chi connectivity index (χ0n) is 35.0. The van der Waals surface area contributed by atoms with E-state index in [0.717, 1.165) is 34.0 Å². The summed E-state index contributed by atoms with van der Waals surface area (Å²) in [5, 5.41) is 16.4. The van der Waals surface area contributed by atoms with Gasteiger partial charge in [-0.3, -0.25) is 4.74 Å². The Bertz CT molecular complexity index is 2770. The van der Waals surface area contributed by atoms with E-state index in [-0.39, 0.29) is 6.04 Å². The molecule has 1 heterocycles. The van der Waals surface area contributed by atoms with Gasteiger partial charge < -0.3 is 5.32 Å². The first kappa shape index (κ1) is 40.8. The molecule has 0 aliphatic carbocycles. The standard InChI is InChI=1S/C55H49N5P2/c1-43(52-40-24-25-41-54(52)58-61(46-28-12-4-13-29-46,47-30-14-5-15-31-47)48-32-16-6-17-33-48)56-42-53-44(2)57-60(45-26-10-3-11-27-45)55(53)59-62(49-34-18-7-19-35-49,50-36-20-8-21-37-50)51-38-22-9-23-39-51/h3-41,43,56H,42H2,1-2H3/t43-/m0/s1. The van der Waals surface area contributed by atoms with Gasteiger partial charge in [0.05, 0.1) is 31.2 Å². The average molecular weight is 842 g/mol. The van der Waals surface area contributed by atoms with Crippen LogP contribution in [0.5, 0.6) is 0 Å². The summed E-state index contributed by atoms with van der Waals surface area (Å²) in [6.07, 6.45) is 0. The van der Waals surface area contributed by atoms with Crippen LogP contribution in [-0.4, -0.2) is 9.78 Å². The number of nitrogens with one attached hydrogen (secondary N) is 1. The molecular formula is C55H49N5P2. The number of benzene rings is 8. The number of hydrogen-bond acceptors (Lipinski definition) is 4. The summed E-state index contributed by atoms with van der Waals surface area (Å²) in [7, 11) is -5.14. The van der Waals surface area contributed by atoms with Gasteiger partial charge >= 0.3 is 0 Å². The van der Waals surface area contributed by atoms with Crippen LogP contribution in [0.4, 0.5) is 11.5 Å². The van der Waals surface area contributed by atoms with E-state index in [4.69, 9.17) is 14.6 Å². The third-order valence-electron chi connectivity index (χ3n) is 11.4. The van der Waals surface area contributed by atoms with Gasteiger partial charge in [0.25, 0.3) is 0 Å². The predicted octanol–water partition coefficient (Wildman–Crippen LogP) is 11.6. The number of aryl methyl sites for hydroxylation is 1. The minimum absolute atomic E-state index is 0.0663. The molecule has 62 heavy (non-hydrogen) atoms. The van der Waals surface area contributed by atoms with Gasteiger partial charge in [0, 0.05) is 50.0 Å². The Labute approximate surface area is 365 Å². The van der Waals surface area contributed by atoms with E-state index in [1.165, 1.54) is 31.8 Å². The maximum Gasteiger partial charge on any atom is 0.160 e. The van der Waals surface area contributed by atoms with Crippen LogP contribution in [0, 0.1) is 6.92 Å². The minimum Gasteiger partial charge on any atom is -0.306 e. The number of hydrogen-bond donors (Lipinski definition) is 1. The van der Waals surface area contributed by atoms with E-state index in [1.807, 2.05) is 10.7 Å². The summed E-state index contributed by atoms with van der Waals surface area (Å²) in [5.41, 5.74) is 5.06. The van der Waals surface area contributed by atoms with Gasteiger partial charge in [-0.1, -0.05) is 218 Å². The number of aromatic nitrogens is 2. The second-order valence-corrected chi connectivity index (χ2v) is 21.3. The molecule has 0 spiro atoms. The fraction of sp³-hybridized carbons (Fsp3) is 0.0727. The van der Waals surface area contributed by atoms with Gasteiger partial charge in [-0.05, 0) is 37.6 Å². The Hall–Kier alpha value is -6.61. The quantitative estimate of drug-likeness (QED) is 0.118. The predicted molar refractivity (Wildman–Crippen MR) is 264 cm³/mol. The van der Waals surface area contributed by atoms with Gasteiger partial charge in [-0.25, -0.2) is 9.43 Å². The molecule has 0 radical (unpaired) electrons. The summed E-state index contributed by atoms with van der Waals surface area (Å²) in [6, 6.07) is 83.8. The third-order valence-corrected chi connectivity index (χ3v) is 18.7.